The number of rotatable bonds is 7. The molecule has 2 aliphatic heterocycles. The third-order valence-electron chi connectivity index (χ3n) is 7.77. The largest absolute Gasteiger partial charge is 0.481 e. The number of carboxylic acids is 1. The van der Waals surface area contributed by atoms with Crippen molar-refractivity contribution < 1.29 is 24.2 Å². The quantitative estimate of drug-likeness (QED) is 0.604. The zero-order valence-electron chi connectivity index (χ0n) is 19.8. The lowest BCUT2D eigenvalue weighted by molar-refractivity contribution is -0.143. The van der Waals surface area contributed by atoms with Crippen LogP contribution in [0.5, 0.6) is 0 Å². The van der Waals surface area contributed by atoms with E-state index in [2.05, 4.69) is 29.6 Å². The Balaban J connectivity index is 1.27. The van der Waals surface area contributed by atoms with Crippen LogP contribution in [0.3, 0.4) is 0 Å². The first-order valence-corrected chi connectivity index (χ1v) is 12.7. The van der Waals surface area contributed by atoms with E-state index in [9.17, 15) is 19.5 Å². The highest BCUT2D eigenvalue weighted by molar-refractivity contribution is 5.87. The van der Waals surface area contributed by atoms with E-state index in [-0.39, 0.29) is 43.4 Å². The fourth-order valence-corrected chi connectivity index (χ4v) is 6.17. The number of benzene rings is 2. The predicted octanol–water partition coefficient (Wildman–Crippen LogP) is 4.69. The smallest absolute Gasteiger partial charge is 0.407 e. The maximum absolute atomic E-state index is 13.5. The molecular formula is C28H32N2O5. The first kappa shape index (κ1) is 23.4. The molecule has 2 bridgehead atoms. The molecule has 1 atom stereocenters. The summed E-state index contributed by atoms with van der Waals surface area (Å²) in [6.07, 6.45) is 5.28. The molecular weight excluding hydrogens is 444 g/mol. The van der Waals surface area contributed by atoms with E-state index in [1.807, 2.05) is 29.2 Å². The summed E-state index contributed by atoms with van der Waals surface area (Å²) in [5.74, 6) is -1.24. The molecule has 2 amide bonds. The van der Waals surface area contributed by atoms with Crippen LogP contribution in [0.25, 0.3) is 11.1 Å². The Morgan fingerprint density at radius 3 is 2.00 bits per heavy atom. The first-order chi connectivity index (χ1) is 17.0. The van der Waals surface area contributed by atoms with Crippen molar-refractivity contribution in [3.8, 4) is 11.1 Å². The normalized spacial score (nSPS) is 21.5. The van der Waals surface area contributed by atoms with Crippen LogP contribution in [0.2, 0.25) is 0 Å². The van der Waals surface area contributed by atoms with Gasteiger partial charge in [-0.3, -0.25) is 9.59 Å². The van der Waals surface area contributed by atoms with Crippen LogP contribution in [-0.2, 0) is 14.3 Å². The Kier molecular flexibility index (Phi) is 6.75. The van der Waals surface area contributed by atoms with Crippen LogP contribution in [0.15, 0.2) is 48.5 Å². The molecule has 0 radical (unpaired) electrons. The summed E-state index contributed by atoms with van der Waals surface area (Å²) < 4.78 is 5.64. The highest BCUT2D eigenvalue weighted by Crippen LogP contribution is 2.44. The van der Waals surface area contributed by atoms with Crippen molar-refractivity contribution in [3.63, 3.8) is 0 Å². The zero-order chi connectivity index (χ0) is 24.4. The molecule has 2 aromatic rings. The predicted molar refractivity (Wildman–Crippen MR) is 131 cm³/mol. The number of nitrogens with zero attached hydrogens (tertiary/aromatic N) is 1. The summed E-state index contributed by atoms with van der Waals surface area (Å²) in [6, 6.07) is 15.7. The number of piperidine rings is 2. The molecule has 2 heterocycles. The minimum atomic E-state index is -0.990. The number of nitrogens with one attached hydrogen (secondary N) is 1. The number of hydrogen-bond acceptors (Lipinski definition) is 4. The molecule has 2 saturated heterocycles. The summed E-state index contributed by atoms with van der Waals surface area (Å²) in [7, 11) is 0. The highest BCUT2D eigenvalue weighted by atomic mass is 16.5. The van der Waals surface area contributed by atoms with Crippen LogP contribution >= 0.6 is 0 Å². The van der Waals surface area contributed by atoms with Gasteiger partial charge in [-0.05, 0) is 67.2 Å². The molecule has 1 aliphatic carbocycles. The molecule has 7 nitrogen and oxygen atoms in total. The maximum Gasteiger partial charge on any atom is 0.407 e. The van der Waals surface area contributed by atoms with Gasteiger partial charge in [-0.2, -0.15) is 0 Å². The molecule has 2 aromatic carbocycles. The van der Waals surface area contributed by atoms with Crippen molar-refractivity contribution in [1.29, 1.82) is 0 Å². The molecule has 3 aliphatic rings. The van der Waals surface area contributed by atoms with Gasteiger partial charge >= 0.3 is 12.1 Å². The van der Waals surface area contributed by atoms with Gasteiger partial charge in [0, 0.05) is 24.4 Å². The number of carbonyl (C=O) groups is 3. The van der Waals surface area contributed by atoms with Crippen molar-refractivity contribution in [3.05, 3.63) is 59.7 Å². The Morgan fingerprint density at radius 2 is 1.46 bits per heavy atom. The van der Waals surface area contributed by atoms with Gasteiger partial charge in [0.1, 0.15) is 12.6 Å². The van der Waals surface area contributed by atoms with Crippen LogP contribution in [-0.4, -0.2) is 52.7 Å². The number of ether oxygens (including phenoxy) is 1. The topological polar surface area (TPSA) is 95.9 Å². The van der Waals surface area contributed by atoms with E-state index in [1.165, 1.54) is 0 Å². The van der Waals surface area contributed by atoms with Gasteiger partial charge in [-0.15, -0.1) is 0 Å². The first-order valence-electron chi connectivity index (χ1n) is 12.7. The summed E-state index contributed by atoms with van der Waals surface area (Å²) in [4.78, 5) is 39.6. The third-order valence-corrected chi connectivity index (χ3v) is 7.77. The van der Waals surface area contributed by atoms with Crippen LogP contribution < -0.4 is 5.32 Å². The molecule has 0 saturated carbocycles. The third kappa shape index (κ3) is 4.77. The van der Waals surface area contributed by atoms with E-state index < -0.39 is 18.1 Å². The fourth-order valence-electron chi connectivity index (χ4n) is 6.17. The minimum absolute atomic E-state index is 0.0499. The van der Waals surface area contributed by atoms with E-state index in [0.29, 0.717) is 0 Å². The molecule has 2 N–H and O–H groups in total. The standard InChI is InChI=1S/C28H32N2O5/c31-26(32)16-15-25(27(33)30-18-7-5-8-19(30)10-6-9-18)29-28(34)35-17-24-22-13-3-1-11-20(22)21-12-2-4-14-23(21)24/h1-4,11-14,18-19,24-25H,5-10,15-17H2,(H,29,34)(H,31,32). The number of fused-ring (bicyclic) bond motifs is 5. The van der Waals surface area contributed by atoms with Gasteiger partial charge < -0.3 is 20.1 Å². The molecule has 7 heteroatoms. The van der Waals surface area contributed by atoms with Gasteiger partial charge in [0.15, 0.2) is 0 Å². The van der Waals surface area contributed by atoms with E-state index in [0.717, 1.165) is 60.8 Å². The average molecular weight is 477 g/mol. The van der Waals surface area contributed by atoms with E-state index >= 15 is 0 Å². The van der Waals surface area contributed by atoms with Gasteiger partial charge in [-0.25, -0.2) is 4.79 Å². The second kappa shape index (κ2) is 10.1. The summed E-state index contributed by atoms with van der Waals surface area (Å²) >= 11 is 0. The second-order valence-electron chi connectivity index (χ2n) is 9.87. The summed E-state index contributed by atoms with van der Waals surface area (Å²) in [5.41, 5.74) is 4.51. The van der Waals surface area contributed by atoms with Crippen LogP contribution in [0, 0.1) is 0 Å². The number of carboxylic acid groups (broad SMARTS) is 1. The lowest BCUT2D eigenvalue weighted by atomic mass is 9.84. The molecule has 5 rings (SSSR count). The number of hydrogen-bond donors (Lipinski definition) is 2. The maximum atomic E-state index is 13.5. The monoisotopic (exact) mass is 476 g/mol. The number of amides is 2. The Labute approximate surface area is 205 Å². The van der Waals surface area contributed by atoms with Gasteiger partial charge in [0.05, 0.1) is 0 Å². The lowest BCUT2D eigenvalue weighted by Crippen LogP contribution is -2.58. The molecule has 184 valence electrons. The van der Waals surface area contributed by atoms with Crippen molar-refractivity contribution in [2.24, 2.45) is 0 Å². The second-order valence-corrected chi connectivity index (χ2v) is 9.87. The Bertz CT molecular complexity index is 1050. The van der Waals surface area contributed by atoms with Crippen molar-refractivity contribution in [2.45, 2.75) is 75.4 Å². The van der Waals surface area contributed by atoms with Gasteiger partial charge in [0.2, 0.25) is 5.91 Å². The minimum Gasteiger partial charge on any atom is -0.481 e. The molecule has 0 aromatic heterocycles. The van der Waals surface area contributed by atoms with Crippen LogP contribution in [0.4, 0.5) is 4.79 Å². The van der Waals surface area contributed by atoms with Crippen molar-refractivity contribution in [1.82, 2.24) is 10.2 Å². The molecule has 2 fully saturated rings. The van der Waals surface area contributed by atoms with E-state index in [1.54, 1.807) is 0 Å². The molecule has 35 heavy (non-hydrogen) atoms. The van der Waals surface area contributed by atoms with Crippen molar-refractivity contribution >= 4 is 18.0 Å². The summed E-state index contributed by atoms with van der Waals surface area (Å²) in [5, 5.41) is 11.9. The summed E-state index contributed by atoms with van der Waals surface area (Å²) in [6.45, 7) is 0.147. The lowest BCUT2D eigenvalue weighted by Gasteiger charge is -2.47. The number of carbonyl (C=O) groups excluding carboxylic acids is 2. The van der Waals surface area contributed by atoms with Crippen LogP contribution in [0.1, 0.15) is 68.4 Å². The zero-order valence-corrected chi connectivity index (χ0v) is 19.8. The fraction of sp³-hybridized carbons (Fsp3) is 0.464. The van der Waals surface area contributed by atoms with E-state index in [4.69, 9.17) is 4.74 Å². The average Bonchev–Trinajstić information content (AvgIpc) is 3.18. The molecule has 0 spiro atoms. The SMILES string of the molecule is O=C(O)CCC(NC(=O)OCC1c2ccccc2-c2ccccc21)C(=O)N1C2CCCC1CCC2. The highest BCUT2D eigenvalue weighted by Gasteiger charge is 2.40. The Hall–Kier alpha value is -3.35. The molecule has 1 unspecified atom stereocenters. The van der Waals surface area contributed by atoms with Crippen molar-refractivity contribution in [2.75, 3.05) is 6.61 Å². The van der Waals surface area contributed by atoms with Gasteiger partial charge in [0.25, 0.3) is 0 Å². The van der Waals surface area contributed by atoms with Gasteiger partial charge in [-0.1, -0.05) is 48.5 Å². The number of aliphatic carboxylic acids is 1. The number of alkyl carbamates (subject to hydrolysis) is 1. The Morgan fingerprint density at radius 1 is 0.914 bits per heavy atom.